The number of aldehydes is 1. The van der Waals surface area contributed by atoms with Crippen molar-refractivity contribution in [2.45, 2.75) is 13.3 Å². The van der Waals surface area contributed by atoms with Gasteiger partial charge in [0.05, 0.1) is 4.91 Å². The summed E-state index contributed by atoms with van der Waals surface area (Å²) < 4.78 is 0. The number of ketones is 1. The number of carbonyl (C=O) groups excluding carboxylic acids is 2. The summed E-state index contributed by atoms with van der Waals surface area (Å²) in [5.41, 5.74) is 0.631. The van der Waals surface area contributed by atoms with Crippen LogP contribution in [-0.4, -0.2) is 17.8 Å². The molecule has 0 bridgehead atoms. The molecule has 1 aliphatic heterocycles. The van der Waals surface area contributed by atoms with Gasteiger partial charge in [0.1, 0.15) is 0 Å². The summed E-state index contributed by atoms with van der Waals surface area (Å²) in [5.74, 6) is 0.866. The molecule has 54 valence electrons. The van der Waals surface area contributed by atoms with Gasteiger partial charge in [-0.15, -0.1) is 11.8 Å². The van der Waals surface area contributed by atoms with E-state index in [1.807, 2.05) is 0 Å². The molecule has 0 amide bonds. The van der Waals surface area contributed by atoms with E-state index in [0.717, 1.165) is 12.0 Å². The predicted octanol–water partition coefficient (Wildman–Crippen LogP) is 1.17. The Bertz CT molecular complexity index is 206. The van der Waals surface area contributed by atoms with Crippen molar-refractivity contribution in [1.82, 2.24) is 0 Å². The lowest BCUT2D eigenvalue weighted by atomic mass is 10.1. The molecule has 10 heavy (non-hydrogen) atoms. The maximum absolute atomic E-state index is 10.9. The standard InChI is InChI=1S/C7H8O2S/c1-5-6(9)2-3-10-7(5)4-8/h4H,2-3H2,1H3. The first-order valence-corrected chi connectivity index (χ1v) is 4.06. The fourth-order valence-corrected chi connectivity index (χ4v) is 1.72. The van der Waals surface area contributed by atoms with Crippen molar-refractivity contribution in [2.24, 2.45) is 0 Å². The van der Waals surface area contributed by atoms with Gasteiger partial charge in [-0.2, -0.15) is 0 Å². The zero-order valence-electron chi connectivity index (χ0n) is 5.72. The van der Waals surface area contributed by atoms with Crippen LogP contribution in [0.2, 0.25) is 0 Å². The van der Waals surface area contributed by atoms with E-state index in [-0.39, 0.29) is 5.78 Å². The van der Waals surface area contributed by atoms with Crippen molar-refractivity contribution >= 4 is 23.8 Å². The Morgan fingerprint density at radius 2 is 2.30 bits per heavy atom. The fraction of sp³-hybridized carbons (Fsp3) is 0.429. The fourth-order valence-electron chi connectivity index (χ4n) is 0.809. The molecule has 0 aromatic rings. The molecule has 0 saturated heterocycles. The molecule has 2 nitrogen and oxygen atoms in total. The van der Waals surface area contributed by atoms with Crippen LogP contribution in [0.5, 0.6) is 0 Å². The second-order valence-electron chi connectivity index (χ2n) is 2.13. The lowest BCUT2D eigenvalue weighted by molar-refractivity contribution is -0.115. The summed E-state index contributed by atoms with van der Waals surface area (Å²) >= 11 is 1.47. The number of hydrogen-bond donors (Lipinski definition) is 0. The van der Waals surface area contributed by atoms with Gasteiger partial charge < -0.3 is 0 Å². The molecule has 0 N–H and O–H groups in total. The highest BCUT2D eigenvalue weighted by Crippen LogP contribution is 2.25. The van der Waals surface area contributed by atoms with Crippen LogP contribution in [0.4, 0.5) is 0 Å². The lowest BCUT2D eigenvalue weighted by Crippen LogP contribution is -2.09. The first-order valence-electron chi connectivity index (χ1n) is 3.07. The highest BCUT2D eigenvalue weighted by molar-refractivity contribution is 8.04. The maximum atomic E-state index is 10.9. The van der Waals surface area contributed by atoms with Gasteiger partial charge in [0.2, 0.25) is 0 Å². The molecule has 3 heteroatoms. The zero-order valence-corrected chi connectivity index (χ0v) is 6.53. The van der Waals surface area contributed by atoms with Crippen LogP contribution in [-0.2, 0) is 9.59 Å². The van der Waals surface area contributed by atoms with Gasteiger partial charge in [-0.25, -0.2) is 0 Å². The highest BCUT2D eigenvalue weighted by Gasteiger charge is 2.15. The number of thioether (sulfide) groups is 1. The van der Waals surface area contributed by atoms with Gasteiger partial charge in [-0.3, -0.25) is 9.59 Å². The molecule has 0 aromatic heterocycles. The smallest absolute Gasteiger partial charge is 0.160 e. The Kier molecular flexibility index (Phi) is 2.27. The number of hydrogen-bond acceptors (Lipinski definition) is 3. The van der Waals surface area contributed by atoms with E-state index in [1.54, 1.807) is 6.92 Å². The molecular weight excluding hydrogens is 148 g/mol. The zero-order chi connectivity index (χ0) is 7.56. The Morgan fingerprint density at radius 3 is 2.80 bits per heavy atom. The Morgan fingerprint density at radius 1 is 1.60 bits per heavy atom. The minimum Gasteiger partial charge on any atom is -0.297 e. The molecular formula is C7H8O2S. The van der Waals surface area contributed by atoms with Gasteiger partial charge in [-0.1, -0.05) is 0 Å². The number of rotatable bonds is 1. The lowest BCUT2D eigenvalue weighted by Gasteiger charge is -2.10. The molecule has 1 rings (SSSR count). The minimum atomic E-state index is 0.112. The Hall–Kier alpha value is -0.570. The van der Waals surface area contributed by atoms with Crippen molar-refractivity contribution in [3.8, 4) is 0 Å². The number of Topliss-reactive ketones (excluding diaryl/α,β-unsaturated/α-hetero) is 1. The van der Waals surface area contributed by atoms with Gasteiger partial charge in [0.15, 0.2) is 12.1 Å². The molecule has 1 heterocycles. The van der Waals surface area contributed by atoms with E-state index in [9.17, 15) is 9.59 Å². The summed E-state index contributed by atoms with van der Waals surface area (Å²) in [6.45, 7) is 1.71. The molecule has 0 atom stereocenters. The third kappa shape index (κ3) is 1.29. The molecule has 1 aliphatic rings. The first kappa shape index (κ1) is 7.54. The summed E-state index contributed by atoms with van der Waals surface area (Å²) in [6, 6.07) is 0. The largest absolute Gasteiger partial charge is 0.297 e. The second kappa shape index (κ2) is 3.01. The van der Waals surface area contributed by atoms with Crippen molar-refractivity contribution in [3.63, 3.8) is 0 Å². The highest BCUT2D eigenvalue weighted by atomic mass is 32.2. The molecule has 0 spiro atoms. The van der Waals surface area contributed by atoms with Crippen molar-refractivity contribution in [2.75, 3.05) is 5.75 Å². The van der Waals surface area contributed by atoms with Crippen LogP contribution < -0.4 is 0 Å². The third-order valence-corrected chi connectivity index (χ3v) is 2.60. The predicted molar refractivity (Wildman–Crippen MR) is 40.8 cm³/mol. The topological polar surface area (TPSA) is 34.1 Å². The molecule has 0 aliphatic carbocycles. The van der Waals surface area contributed by atoms with E-state index in [2.05, 4.69) is 0 Å². The monoisotopic (exact) mass is 156 g/mol. The molecule has 0 saturated carbocycles. The van der Waals surface area contributed by atoms with E-state index in [0.29, 0.717) is 16.9 Å². The summed E-state index contributed by atoms with van der Waals surface area (Å²) in [5, 5.41) is 0. The van der Waals surface area contributed by atoms with E-state index < -0.39 is 0 Å². The summed E-state index contributed by atoms with van der Waals surface area (Å²) in [6.07, 6.45) is 1.34. The van der Waals surface area contributed by atoms with Crippen LogP contribution in [0.1, 0.15) is 13.3 Å². The van der Waals surface area contributed by atoms with Crippen LogP contribution in [0.25, 0.3) is 0 Å². The molecule has 0 fully saturated rings. The SMILES string of the molecule is CC1=C(C=O)SCCC1=O. The average molecular weight is 156 g/mol. The van der Waals surface area contributed by atoms with Gasteiger partial charge in [0, 0.05) is 17.7 Å². The van der Waals surface area contributed by atoms with Crippen LogP contribution in [0.15, 0.2) is 10.5 Å². The average Bonchev–Trinajstić information content (AvgIpc) is 1.95. The van der Waals surface area contributed by atoms with Crippen molar-refractivity contribution in [1.29, 1.82) is 0 Å². The first-order chi connectivity index (χ1) is 4.75. The van der Waals surface area contributed by atoms with Crippen LogP contribution >= 0.6 is 11.8 Å². The number of carbonyl (C=O) groups is 2. The maximum Gasteiger partial charge on any atom is 0.160 e. The normalized spacial score (nSPS) is 19.5. The van der Waals surface area contributed by atoms with E-state index >= 15 is 0 Å². The Labute approximate surface area is 63.7 Å². The second-order valence-corrected chi connectivity index (χ2v) is 3.27. The number of allylic oxidation sites excluding steroid dienone is 2. The Balaban J connectivity index is 2.92. The van der Waals surface area contributed by atoms with Crippen LogP contribution in [0, 0.1) is 0 Å². The van der Waals surface area contributed by atoms with E-state index in [1.165, 1.54) is 11.8 Å². The minimum absolute atomic E-state index is 0.112. The van der Waals surface area contributed by atoms with Crippen LogP contribution in [0.3, 0.4) is 0 Å². The van der Waals surface area contributed by atoms with E-state index in [4.69, 9.17) is 0 Å². The van der Waals surface area contributed by atoms with Gasteiger partial charge >= 0.3 is 0 Å². The molecule has 0 aromatic carbocycles. The van der Waals surface area contributed by atoms with Gasteiger partial charge in [0.25, 0.3) is 0 Å². The summed E-state index contributed by atoms with van der Waals surface area (Å²) in [4.78, 5) is 21.8. The quantitative estimate of drug-likeness (QED) is 0.534. The van der Waals surface area contributed by atoms with Crippen molar-refractivity contribution < 1.29 is 9.59 Å². The molecule has 0 radical (unpaired) electrons. The van der Waals surface area contributed by atoms with Crippen molar-refractivity contribution in [3.05, 3.63) is 10.5 Å². The molecule has 0 unspecified atom stereocenters. The summed E-state index contributed by atoms with van der Waals surface area (Å²) in [7, 11) is 0. The van der Waals surface area contributed by atoms with Gasteiger partial charge in [-0.05, 0) is 6.92 Å². The third-order valence-electron chi connectivity index (χ3n) is 1.48.